The number of benzene rings is 1. The van der Waals surface area contributed by atoms with E-state index in [0.29, 0.717) is 0 Å². The minimum atomic E-state index is 0.730. The number of ether oxygens (including phenoxy) is 1. The highest BCUT2D eigenvalue weighted by atomic mass is 35.5. The van der Waals surface area contributed by atoms with Crippen LogP contribution < -0.4 is 4.74 Å². The molecule has 2 heteroatoms. The fraction of sp³-hybridized carbons (Fsp3) is 0.500. The van der Waals surface area contributed by atoms with Crippen LogP contribution in [0.25, 0.3) is 0 Å². The molecule has 1 nitrogen and oxygen atoms in total. The maximum absolute atomic E-state index is 5.86. The third-order valence-corrected chi connectivity index (χ3v) is 2.69. The molecular weight excluding hydrogens is 220 g/mol. The van der Waals surface area contributed by atoms with Gasteiger partial charge in [-0.3, -0.25) is 0 Å². The van der Waals surface area contributed by atoms with Crippen molar-refractivity contribution in [3.63, 3.8) is 0 Å². The number of halogens is 1. The zero-order valence-corrected chi connectivity index (χ0v) is 10.5. The van der Waals surface area contributed by atoms with Crippen molar-refractivity contribution in [2.45, 2.75) is 38.5 Å². The van der Waals surface area contributed by atoms with E-state index >= 15 is 0 Å². The third-order valence-electron chi connectivity index (χ3n) is 2.46. The summed E-state index contributed by atoms with van der Waals surface area (Å²) in [7, 11) is 0. The first-order valence-corrected chi connectivity index (χ1v) is 6.38. The van der Waals surface area contributed by atoms with Crippen molar-refractivity contribution in [2.24, 2.45) is 0 Å². The molecule has 0 aliphatic heterocycles. The van der Waals surface area contributed by atoms with Gasteiger partial charge in [0.15, 0.2) is 0 Å². The zero-order chi connectivity index (χ0) is 11.6. The quantitative estimate of drug-likeness (QED) is 0.587. The minimum Gasteiger partial charge on any atom is -0.494 e. The van der Waals surface area contributed by atoms with E-state index in [2.05, 4.69) is 6.92 Å². The lowest BCUT2D eigenvalue weighted by Gasteiger charge is -2.06. The van der Waals surface area contributed by atoms with Crippen LogP contribution in [0.4, 0.5) is 0 Å². The van der Waals surface area contributed by atoms with Crippen LogP contribution in [0.15, 0.2) is 24.3 Å². The Kier molecular flexibility index (Phi) is 7.07. The van der Waals surface area contributed by atoms with Gasteiger partial charge in [0.05, 0.1) is 6.61 Å². The van der Waals surface area contributed by atoms with Crippen molar-refractivity contribution < 1.29 is 4.74 Å². The van der Waals surface area contributed by atoms with Gasteiger partial charge in [0, 0.05) is 5.02 Å². The molecule has 0 N–H and O–H groups in total. The lowest BCUT2D eigenvalue weighted by Crippen LogP contribution is -1.97. The molecule has 0 saturated carbocycles. The van der Waals surface area contributed by atoms with E-state index in [4.69, 9.17) is 16.3 Å². The summed E-state index contributed by atoms with van der Waals surface area (Å²) in [5.41, 5.74) is 0. The summed E-state index contributed by atoms with van der Waals surface area (Å²) in [6, 6.07) is 7.55. The lowest BCUT2D eigenvalue weighted by atomic mass is 10.1. The van der Waals surface area contributed by atoms with Crippen molar-refractivity contribution in [1.29, 1.82) is 0 Å². The molecule has 1 aromatic rings. The van der Waals surface area contributed by atoms with Crippen LogP contribution in [0.5, 0.6) is 5.75 Å². The summed E-state index contributed by atoms with van der Waals surface area (Å²) in [5.74, 6) is 0.866. The predicted molar refractivity (Wildman–Crippen MR) is 70.0 cm³/mol. The SMILES string of the molecule is [CH2]CCCCCCCOc1cccc(Cl)c1. The fourth-order valence-corrected chi connectivity index (χ4v) is 1.74. The molecule has 16 heavy (non-hydrogen) atoms. The van der Waals surface area contributed by atoms with E-state index in [0.717, 1.165) is 30.2 Å². The molecule has 1 radical (unpaired) electrons. The Morgan fingerprint density at radius 3 is 2.56 bits per heavy atom. The summed E-state index contributed by atoms with van der Waals surface area (Å²) in [5, 5.41) is 0.730. The number of rotatable bonds is 8. The van der Waals surface area contributed by atoms with Gasteiger partial charge in [0.25, 0.3) is 0 Å². The summed E-state index contributed by atoms with van der Waals surface area (Å²) in [6.07, 6.45) is 7.23. The largest absolute Gasteiger partial charge is 0.494 e. The van der Waals surface area contributed by atoms with Crippen LogP contribution in [0.1, 0.15) is 38.5 Å². The molecule has 1 aromatic carbocycles. The second kappa shape index (κ2) is 8.46. The van der Waals surface area contributed by atoms with Crippen LogP contribution >= 0.6 is 11.6 Å². The van der Waals surface area contributed by atoms with Crippen LogP contribution in [0, 0.1) is 6.92 Å². The average Bonchev–Trinajstić information content (AvgIpc) is 2.28. The first kappa shape index (κ1) is 13.4. The normalized spacial score (nSPS) is 10.4. The molecule has 1 rings (SSSR count). The van der Waals surface area contributed by atoms with E-state index in [1.165, 1.54) is 25.7 Å². The highest BCUT2D eigenvalue weighted by molar-refractivity contribution is 6.30. The van der Waals surface area contributed by atoms with E-state index in [-0.39, 0.29) is 0 Å². The van der Waals surface area contributed by atoms with Crippen molar-refractivity contribution in [3.05, 3.63) is 36.2 Å². The summed E-state index contributed by atoms with van der Waals surface area (Å²) < 4.78 is 5.60. The molecule has 0 saturated heterocycles. The van der Waals surface area contributed by atoms with Crippen molar-refractivity contribution in [3.8, 4) is 5.75 Å². The van der Waals surface area contributed by atoms with Crippen LogP contribution in [-0.4, -0.2) is 6.61 Å². The number of hydrogen-bond donors (Lipinski definition) is 0. The predicted octanol–water partition coefficient (Wildman–Crippen LogP) is 4.89. The van der Waals surface area contributed by atoms with Crippen molar-refractivity contribution in [1.82, 2.24) is 0 Å². The maximum atomic E-state index is 5.86. The summed E-state index contributed by atoms with van der Waals surface area (Å²) in [4.78, 5) is 0. The third kappa shape index (κ3) is 6.02. The molecule has 0 aliphatic rings. The Morgan fingerprint density at radius 1 is 1.06 bits per heavy atom. The fourth-order valence-electron chi connectivity index (χ4n) is 1.56. The second-order valence-electron chi connectivity index (χ2n) is 3.93. The van der Waals surface area contributed by atoms with E-state index in [9.17, 15) is 0 Å². The topological polar surface area (TPSA) is 9.23 Å². The molecule has 0 atom stereocenters. The van der Waals surface area contributed by atoms with Gasteiger partial charge in [-0.15, -0.1) is 0 Å². The van der Waals surface area contributed by atoms with Gasteiger partial charge in [-0.2, -0.15) is 0 Å². The molecule has 0 spiro atoms. The molecule has 0 amide bonds. The minimum absolute atomic E-state index is 0.730. The molecular formula is C14H20ClO. The highest BCUT2D eigenvalue weighted by Gasteiger charge is 1.95. The Morgan fingerprint density at radius 2 is 1.81 bits per heavy atom. The zero-order valence-electron chi connectivity index (χ0n) is 9.75. The van der Waals surface area contributed by atoms with Crippen LogP contribution in [0.3, 0.4) is 0 Å². The van der Waals surface area contributed by atoms with Crippen molar-refractivity contribution >= 4 is 11.6 Å². The maximum Gasteiger partial charge on any atom is 0.120 e. The monoisotopic (exact) mass is 239 g/mol. The second-order valence-corrected chi connectivity index (χ2v) is 4.36. The van der Waals surface area contributed by atoms with Gasteiger partial charge >= 0.3 is 0 Å². The molecule has 0 fully saturated rings. The van der Waals surface area contributed by atoms with Gasteiger partial charge in [-0.25, -0.2) is 0 Å². The van der Waals surface area contributed by atoms with Gasteiger partial charge in [-0.1, -0.05) is 56.7 Å². The Labute approximate surface area is 104 Å². The molecule has 0 unspecified atom stereocenters. The van der Waals surface area contributed by atoms with Crippen LogP contribution in [-0.2, 0) is 0 Å². The smallest absolute Gasteiger partial charge is 0.120 e. The van der Waals surface area contributed by atoms with Crippen molar-refractivity contribution in [2.75, 3.05) is 6.61 Å². The van der Waals surface area contributed by atoms with E-state index in [1.54, 1.807) is 0 Å². The van der Waals surface area contributed by atoms with E-state index in [1.807, 2.05) is 24.3 Å². The van der Waals surface area contributed by atoms with Gasteiger partial charge < -0.3 is 4.74 Å². The molecule has 89 valence electrons. The Balaban J connectivity index is 2.03. The van der Waals surface area contributed by atoms with E-state index < -0.39 is 0 Å². The van der Waals surface area contributed by atoms with Gasteiger partial charge in [-0.05, 0) is 24.6 Å². The molecule has 0 bridgehead atoms. The summed E-state index contributed by atoms with van der Waals surface area (Å²) >= 11 is 5.86. The Bertz CT molecular complexity index is 286. The Hall–Kier alpha value is -0.690. The number of hydrogen-bond acceptors (Lipinski definition) is 1. The molecule has 0 aliphatic carbocycles. The number of unbranched alkanes of at least 4 members (excludes halogenated alkanes) is 5. The van der Waals surface area contributed by atoms with Gasteiger partial charge in [0.1, 0.15) is 5.75 Å². The first-order chi connectivity index (χ1) is 7.83. The lowest BCUT2D eigenvalue weighted by molar-refractivity contribution is 0.304. The van der Waals surface area contributed by atoms with Crippen LogP contribution in [0.2, 0.25) is 5.02 Å². The molecule has 0 heterocycles. The summed E-state index contributed by atoms with van der Waals surface area (Å²) in [6.45, 7) is 4.61. The molecule has 0 aromatic heterocycles. The van der Waals surface area contributed by atoms with Gasteiger partial charge in [0.2, 0.25) is 0 Å². The highest BCUT2D eigenvalue weighted by Crippen LogP contribution is 2.17. The first-order valence-electron chi connectivity index (χ1n) is 6.00. The standard InChI is InChI=1S/C14H20ClO/c1-2-3-4-5-6-7-11-16-14-10-8-9-13(15)12-14/h8-10,12H,1-7,11H2. The average molecular weight is 240 g/mol.